The predicted molar refractivity (Wildman–Crippen MR) is 117 cm³/mol. The van der Waals surface area contributed by atoms with Crippen LogP contribution in [0.25, 0.3) is 11.0 Å². The third-order valence-corrected chi connectivity index (χ3v) is 5.08. The molecule has 1 amide bonds. The van der Waals surface area contributed by atoms with Crippen LogP contribution in [0, 0.1) is 0 Å². The van der Waals surface area contributed by atoms with Gasteiger partial charge in [-0.25, -0.2) is 4.98 Å². The van der Waals surface area contributed by atoms with Gasteiger partial charge >= 0.3 is 0 Å². The molecule has 0 aliphatic carbocycles. The number of ether oxygens (including phenoxy) is 3. The molecule has 160 valence electrons. The molecule has 0 saturated heterocycles. The topological polar surface area (TPSA) is 74.6 Å². The van der Waals surface area contributed by atoms with Gasteiger partial charge in [-0.05, 0) is 37.6 Å². The number of para-hydroxylation sites is 2. The van der Waals surface area contributed by atoms with Crippen LogP contribution >= 0.6 is 0 Å². The van der Waals surface area contributed by atoms with E-state index in [0.29, 0.717) is 22.8 Å². The molecule has 1 heterocycles. The Morgan fingerprint density at radius 2 is 1.77 bits per heavy atom. The van der Waals surface area contributed by atoms with Gasteiger partial charge in [-0.2, -0.15) is 0 Å². The number of aromatic nitrogens is 2. The SMILES string of the molecule is CCCCn1c([C@@H](C)NC(=O)c2cc(OC)c(OC)c(OC)c2)nc2ccccc21. The molecule has 0 radical (unpaired) electrons. The first-order chi connectivity index (χ1) is 14.5. The van der Waals surface area contributed by atoms with E-state index in [9.17, 15) is 4.79 Å². The van der Waals surface area contributed by atoms with Gasteiger partial charge < -0.3 is 24.1 Å². The van der Waals surface area contributed by atoms with Crippen molar-refractivity contribution in [1.29, 1.82) is 0 Å². The van der Waals surface area contributed by atoms with Crippen LogP contribution in [0.5, 0.6) is 17.2 Å². The van der Waals surface area contributed by atoms with Gasteiger partial charge in [0, 0.05) is 12.1 Å². The first kappa shape index (κ1) is 21.5. The van der Waals surface area contributed by atoms with Crippen molar-refractivity contribution in [1.82, 2.24) is 14.9 Å². The van der Waals surface area contributed by atoms with Crippen LogP contribution in [0.2, 0.25) is 0 Å². The van der Waals surface area contributed by atoms with Crippen molar-refractivity contribution in [3.63, 3.8) is 0 Å². The third-order valence-electron chi connectivity index (χ3n) is 5.08. The van der Waals surface area contributed by atoms with Gasteiger partial charge in [0.2, 0.25) is 5.75 Å². The number of unbranched alkanes of at least 4 members (excludes halogenated alkanes) is 1. The van der Waals surface area contributed by atoms with E-state index in [1.807, 2.05) is 25.1 Å². The van der Waals surface area contributed by atoms with Gasteiger partial charge in [0.1, 0.15) is 5.82 Å². The Labute approximate surface area is 177 Å². The average molecular weight is 412 g/mol. The summed E-state index contributed by atoms with van der Waals surface area (Å²) in [5.41, 5.74) is 2.43. The van der Waals surface area contributed by atoms with Crippen molar-refractivity contribution in [2.45, 2.75) is 39.3 Å². The number of carbonyl (C=O) groups is 1. The number of rotatable bonds is 9. The molecular formula is C23H29N3O4. The average Bonchev–Trinajstić information content (AvgIpc) is 3.15. The quantitative estimate of drug-likeness (QED) is 0.566. The molecule has 7 heteroatoms. The minimum Gasteiger partial charge on any atom is -0.493 e. The Kier molecular flexibility index (Phi) is 6.82. The van der Waals surface area contributed by atoms with E-state index in [1.54, 1.807) is 12.1 Å². The molecule has 0 saturated carbocycles. The van der Waals surface area contributed by atoms with Gasteiger partial charge in [-0.15, -0.1) is 0 Å². The lowest BCUT2D eigenvalue weighted by molar-refractivity contribution is 0.0937. The summed E-state index contributed by atoms with van der Waals surface area (Å²) < 4.78 is 18.3. The summed E-state index contributed by atoms with van der Waals surface area (Å²) in [6.45, 7) is 4.96. The zero-order valence-electron chi connectivity index (χ0n) is 18.2. The highest BCUT2D eigenvalue weighted by atomic mass is 16.5. The van der Waals surface area contributed by atoms with Crippen molar-refractivity contribution >= 4 is 16.9 Å². The standard InChI is InChI=1S/C23H29N3O4/c1-6-7-12-26-18-11-9-8-10-17(18)25-22(26)15(2)24-23(27)16-13-19(28-3)21(30-5)20(14-16)29-4/h8-11,13-15H,6-7,12H2,1-5H3,(H,24,27)/t15-/m1/s1. The van der Waals surface area contributed by atoms with E-state index in [4.69, 9.17) is 19.2 Å². The van der Waals surface area contributed by atoms with Gasteiger partial charge in [0.15, 0.2) is 11.5 Å². The fourth-order valence-corrected chi connectivity index (χ4v) is 3.53. The molecule has 0 fully saturated rings. The summed E-state index contributed by atoms with van der Waals surface area (Å²) in [7, 11) is 4.58. The molecule has 7 nitrogen and oxygen atoms in total. The fourth-order valence-electron chi connectivity index (χ4n) is 3.53. The molecular weight excluding hydrogens is 382 g/mol. The Bertz CT molecular complexity index is 1000. The molecule has 0 aliphatic heterocycles. The van der Waals surface area contributed by atoms with Crippen LogP contribution in [0.4, 0.5) is 0 Å². The van der Waals surface area contributed by atoms with Gasteiger partial charge in [0.25, 0.3) is 5.91 Å². The van der Waals surface area contributed by atoms with Gasteiger partial charge in [-0.3, -0.25) is 4.79 Å². The van der Waals surface area contributed by atoms with Crippen molar-refractivity contribution in [2.75, 3.05) is 21.3 Å². The van der Waals surface area contributed by atoms with Crippen molar-refractivity contribution in [3.05, 3.63) is 47.8 Å². The number of benzene rings is 2. The number of fused-ring (bicyclic) bond motifs is 1. The lowest BCUT2D eigenvalue weighted by Crippen LogP contribution is -2.29. The number of hydrogen-bond acceptors (Lipinski definition) is 5. The van der Waals surface area contributed by atoms with E-state index in [0.717, 1.165) is 36.2 Å². The third kappa shape index (κ3) is 4.20. The minimum absolute atomic E-state index is 0.240. The van der Waals surface area contributed by atoms with Crippen LogP contribution in [-0.4, -0.2) is 36.8 Å². The maximum atomic E-state index is 13.0. The second-order valence-corrected chi connectivity index (χ2v) is 7.07. The number of hydrogen-bond donors (Lipinski definition) is 1. The Balaban J connectivity index is 1.91. The maximum absolute atomic E-state index is 13.0. The molecule has 0 aliphatic rings. The molecule has 1 atom stereocenters. The van der Waals surface area contributed by atoms with Crippen molar-refractivity contribution in [3.8, 4) is 17.2 Å². The highest BCUT2D eigenvalue weighted by Gasteiger charge is 2.21. The number of methoxy groups -OCH3 is 3. The molecule has 0 bridgehead atoms. The van der Waals surface area contributed by atoms with Crippen LogP contribution < -0.4 is 19.5 Å². The molecule has 0 spiro atoms. The second-order valence-electron chi connectivity index (χ2n) is 7.07. The summed E-state index contributed by atoms with van der Waals surface area (Å²) in [6, 6.07) is 11.1. The van der Waals surface area contributed by atoms with Crippen molar-refractivity contribution in [2.24, 2.45) is 0 Å². The molecule has 1 N–H and O–H groups in total. The Morgan fingerprint density at radius 3 is 2.37 bits per heavy atom. The lowest BCUT2D eigenvalue weighted by Gasteiger charge is -2.18. The molecule has 3 aromatic rings. The zero-order chi connectivity index (χ0) is 21.7. The summed E-state index contributed by atoms with van der Waals surface area (Å²) in [6.07, 6.45) is 2.12. The summed E-state index contributed by atoms with van der Waals surface area (Å²) in [5, 5.41) is 3.06. The number of nitrogens with one attached hydrogen (secondary N) is 1. The fraction of sp³-hybridized carbons (Fsp3) is 0.391. The second kappa shape index (κ2) is 9.52. The number of amides is 1. The number of nitrogens with zero attached hydrogens (tertiary/aromatic N) is 2. The number of aryl methyl sites for hydroxylation is 1. The van der Waals surface area contributed by atoms with Gasteiger partial charge in [0.05, 0.1) is 38.4 Å². The van der Waals surface area contributed by atoms with E-state index in [2.05, 4.69) is 22.9 Å². The van der Waals surface area contributed by atoms with Crippen LogP contribution in [0.3, 0.4) is 0 Å². The first-order valence-electron chi connectivity index (χ1n) is 10.1. The largest absolute Gasteiger partial charge is 0.493 e. The summed E-state index contributed by atoms with van der Waals surface area (Å²) in [4.78, 5) is 17.8. The predicted octanol–water partition coefficient (Wildman–Crippen LogP) is 4.35. The molecule has 30 heavy (non-hydrogen) atoms. The van der Waals surface area contributed by atoms with Crippen molar-refractivity contribution < 1.29 is 19.0 Å². The van der Waals surface area contributed by atoms with E-state index < -0.39 is 0 Å². The highest BCUT2D eigenvalue weighted by Crippen LogP contribution is 2.38. The first-order valence-corrected chi connectivity index (χ1v) is 10.1. The van der Waals surface area contributed by atoms with Gasteiger partial charge in [-0.1, -0.05) is 25.5 Å². The van der Waals surface area contributed by atoms with Crippen LogP contribution in [0.15, 0.2) is 36.4 Å². The summed E-state index contributed by atoms with van der Waals surface area (Å²) >= 11 is 0. The minimum atomic E-state index is -0.277. The smallest absolute Gasteiger partial charge is 0.252 e. The van der Waals surface area contributed by atoms with E-state index >= 15 is 0 Å². The molecule has 3 rings (SSSR count). The highest BCUT2D eigenvalue weighted by molar-refractivity contribution is 5.96. The van der Waals surface area contributed by atoms with E-state index in [-0.39, 0.29) is 11.9 Å². The normalized spacial score (nSPS) is 11.9. The molecule has 0 unspecified atom stereocenters. The molecule has 2 aromatic carbocycles. The van der Waals surface area contributed by atoms with Crippen LogP contribution in [-0.2, 0) is 6.54 Å². The monoisotopic (exact) mass is 411 g/mol. The lowest BCUT2D eigenvalue weighted by atomic mass is 10.1. The van der Waals surface area contributed by atoms with Crippen LogP contribution in [0.1, 0.15) is 48.9 Å². The van der Waals surface area contributed by atoms with E-state index in [1.165, 1.54) is 21.3 Å². The zero-order valence-corrected chi connectivity index (χ0v) is 18.2. The maximum Gasteiger partial charge on any atom is 0.252 e. The Morgan fingerprint density at radius 1 is 1.10 bits per heavy atom. The Hall–Kier alpha value is -3.22. The number of carbonyl (C=O) groups excluding carboxylic acids is 1. The summed E-state index contributed by atoms with van der Waals surface area (Å²) in [5.74, 6) is 1.92. The molecule has 1 aromatic heterocycles. The number of imidazole rings is 1.